The smallest absolute Gasteiger partial charge is 0.353 e. The van der Waals surface area contributed by atoms with Crippen molar-refractivity contribution in [3.63, 3.8) is 0 Å². The summed E-state index contributed by atoms with van der Waals surface area (Å²) < 4.78 is 12.5. The van der Waals surface area contributed by atoms with Gasteiger partial charge in [0.1, 0.15) is 5.03 Å². The van der Waals surface area contributed by atoms with Crippen LogP contribution in [0, 0.1) is 0 Å². The summed E-state index contributed by atoms with van der Waals surface area (Å²) in [5.74, 6) is -1.33. The minimum Gasteiger partial charge on any atom is -0.479 e. The number of fused-ring (bicyclic) bond motifs is 1. The van der Waals surface area contributed by atoms with E-state index in [0.29, 0.717) is 6.42 Å². The Hall–Kier alpha value is -2.27. The maximum absolute atomic E-state index is 12.5. The van der Waals surface area contributed by atoms with Crippen LogP contribution in [0.2, 0.25) is 0 Å². The number of aromatic nitrogens is 1. The molecule has 0 aliphatic carbocycles. The molecule has 1 heterocycles. The highest BCUT2D eigenvalue weighted by Gasteiger charge is 2.43. The van der Waals surface area contributed by atoms with Crippen molar-refractivity contribution in [2.24, 2.45) is 0 Å². The van der Waals surface area contributed by atoms with Crippen LogP contribution in [0.4, 0.5) is 0 Å². The zero-order valence-corrected chi connectivity index (χ0v) is 16.9. The van der Waals surface area contributed by atoms with E-state index in [9.17, 15) is 19.6 Å². The minimum absolute atomic E-state index is 0.0202. The van der Waals surface area contributed by atoms with Gasteiger partial charge in [-0.2, -0.15) is 0 Å². The molecule has 0 spiro atoms. The van der Waals surface area contributed by atoms with E-state index < -0.39 is 19.4 Å². The largest absolute Gasteiger partial charge is 0.479 e. The molecule has 0 saturated carbocycles. The van der Waals surface area contributed by atoms with E-state index in [2.05, 4.69) is 4.98 Å². The SMILES string of the molecule is O=C(O)C(O)(CCc1ccccc1)C[P+](=O)CSc1ccc2ccccc2n1. The number of carboxylic acid groups (broad SMARTS) is 1. The summed E-state index contributed by atoms with van der Waals surface area (Å²) in [5, 5.41) is 21.8. The van der Waals surface area contributed by atoms with Crippen molar-refractivity contribution in [2.45, 2.75) is 23.5 Å². The van der Waals surface area contributed by atoms with Crippen molar-refractivity contribution in [1.29, 1.82) is 0 Å². The third-order valence-electron chi connectivity index (χ3n) is 4.44. The zero-order valence-electron chi connectivity index (χ0n) is 15.2. The lowest BCUT2D eigenvalue weighted by Crippen LogP contribution is -2.41. The Morgan fingerprint density at radius 2 is 1.75 bits per heavy atom. The molecule has 2 aromatic carbocycles. The number of thioether (sulfide) groups is 1. The van der Waals surface area contributed by atoms with E-state index >= 15 is 0 Å². The molecule has 0 aliphatic rings. The third kappa shape index (κ3) is 5.38. The van der Waals surface area contributed by atoms with Gasteiger partial charge in [-0.25, -0.2) is 9.78 Å². The lowest BCUT2D eigenvalue weighted by atomic mass is 9.97. The van der Waals surface area contributed by atoms with Gasteiger partial charge in [-0.05, 0) is 30.5 Å². The third-order valence-corrected chi connectivity index (χ3v) is 7.50. The van der Waals surface area contributed by atoms with Crippen molar-refractivity contribution < 1.29 is 19.6 Å². The second kappa shape index (κ2) is 9.28. The Bertz CT molecular complexity index is 982. The molecule has 144 valence electrons. The van der Waals surface area contributed by atoms with Crippen molar-refractivity contribution in [2.75, 3.05) is 11.7 Å². The molecule has 1 aromatic heterocycles. The molecule has 0 amide bonds. The van der Waals surface area contributed by atoms with Gasteiger partial charge in [-0.15, -0.1) is 0 Å². The van der Waals surface area contributed by atoms with Crippen LogP contribution in [0.1, 0.15) is 12.0 Å². The van der Waals surface area contributed by atoms with Gasteiger partial charge < -0.3 is 10.2 Å². The number of hydrogen-bond acceptors (Lipinski definition) is 5. The fourth-order valence-corrected chi connectivity index (χ4v) is 5.53. The van der Waals surface area contributed by atoms with E-state index in [4.69, 9.17) is 0 Å². The highest BCUT2D eigenvalue weighted by Crippen LogP contribution is 2.35. The number of pyridine rings is 1. The molecule has 28 heavy (non-hydrogen) atoms. The fraction of sp³-hybridized carbons (Fsp3) is 0.238. The first-order chi connectivity index (χ1) is 13.5. The van der Waals surface area contributed by atoms with Crippen molar-refractivity contribution in [1.82, 2.24) is 4.98 Å². The first kappa shape index (κ1) is 20.5. The summed E-state index contributed by atoms with van der Waals surface area (Å²) >= 11 is 1.31. The van der Waals surface area contributed by atoms with Crippen LogP contribution in [0.3, 0.4) is 0 Å². The molecular formula is C21H21NO4PS+. The molecule has 0 saturated heterocycles. The van der Waals surface area contributed by atoms with Gasteiger partial charge in [-0.1, -0.05) is 70.9 Å². The summed E-state index contributed by atoms with van der Waals surface area (Å²) in [6, 6.07) is 20.9. The molecule has 0 radical (unpaired) electrons. The number of nitrogens with zero attached hydrogens (tertiary/aromatic N) is 1. The average Bonchev–Trinajstić information content (AvgIpc) is 2.71. The van der Waals surface area contributed by atoms with Crippen LogP contribution in [0.5, 0.6) is 0 Å². The number of rotatable bonds is 9. The summed E-state index contributed by atoms with van der Waals surface area (Å²) in [4.78, 5) is 16.1. The Labute approximate surface area is 168 Å². The van der Waals surface area contributed by atoms with Gasteiger partial charge in [-0.3, -0.25) is 0 Å². The van der Waals surface area contributed by atoms with Gasteiger partial charge in [0.15, 0.2) is 11.7 Å². The van der Waals surface area contributed by atoms with Crippen LogP contribution in [0.25, 0.3) is 10.9 Å². The number of para-hydroxylation sites is 1. The van der Waals surface area contributed by atoms with E-state index in [1.54, 1.807) is 0 Å². The van der Waals surface area contributed by atoms with Crippen LogP contribution in [-0.2, 0) is 15.8 Å². The van der Waals surface area contributed by atoms with E-state index in [-0.39, 0.29) is 18.1 Å². The molecule has 3 rings (SSSR count). The highest BCUT2D eigenvalue weighted by molar-refractivity contribution is 8.03. The Morgan fingerprint density at radius 1 is 1.04 bits per heavy atom. The van der Waals surface area contributed by atoms with E-state index in [0.717, 1.165) is 21.5 Å². The van der Waals surface area contributed by atoms with E-state index in [1.165, 1.54) is 11.8 Å². The zero-order chi connectivity index (χ0) is 20.0. The molecule has 7 heteroatoms. The predicted molar refractivity (Wildman–Crippen MR) is 112 cm³/mol. The summed E-state index contributed by atoms with van der Waals surface area (Å²) in [5.41, 5.74) is 0.00204. The highest BCUT2D eigenvalue weighted by atomic mass is 32.2. The molecule has 0 aliphatic heterocycles. The second-order valence-corrected chi connectivity index (χ2v) is 9.60. The number of benzene rings is 2. The summed E-state index contributed by atoms with van der Waals surface area (Å²) in [7, 11) is -1.91. The molecular weight excluding hydrogens is 393 g/mol. The lowest BCUT2D eigenvalue weighted by molar-refractivity contribution is -0.156. The Balaban J connectivity index is 1.59. The number of aliphatic hydroxyl groups is 1. The van der Waals surface area contributed by atoms with Gasteiger partial charge in [0.2, 0.25) is 5.60 Å². The Kier molecular flexibility index (Phi) is 6.79. The molecule has 5 nitrogen and oxygen atoms in total. The van der Waals surface area contributed by atoms with E-state index in [1.807, 2.05) is 66.7 Å². The van der Waals surface area contributed by atoms with Gasteiger partial charge in [0, 0.05) is 5.39 Å². The number of hydrogen-bond donors (Lipinski definition) is 2. The van der Waals surface area contributed by atoms with Gasteiger partial charge in [0.25, 0.3) is 0 Å². The number of carboxylic acids is 1. The average molecular weight is 414 g/mol. The predicted octanol–water partition coefficient (Wildman–Crippen LogP) is 4.56. The quantitative estimate of drug-likeness (QED) is 0.394. The first-order valence-corrected chi connectivity index (χ1v) is 11.5. The minimum atomic E-state index is -2.00. The molecule has 0 fully saturated rings. The van der Waals surface area contributed by atoms with Crippen LogP contribution < -0.4 is 0 Å². The van der Waals surface area contributed by atoms with Crippen molar-refractivity contribution >= 4 is 36.4 Å². The molecule has 2 unspecified atom stereocenters. The summed E-state index contributed by atoms with van der Waals surface area (Å²) in [6.07, 6.45) is 0.156. The normalized spacial score (nSPS) is 13.8. The number of aryl methyl sites for hydroxylation is 1. The second-order valence-electron chi connectivity index (χ2n) is 6.58. The fourth-order valence-electron chi connectivity index (χ4n) is 2.85. The van der Waals surface area contributed by atoms with Crippen molar-refractivity contribution in [3.05, 3.63) is 72.3 Å². The van der Waals surface area contributed by atoms with Gasteiger partial charge in [0.05, 0.1) is 5.52 Å². The number of aliphatic carboxylic acids is 1. The lowest BCUT2D eigenvalue weighted by Gasteiger charge is -2.18. The van der Waals surface area contributed by atoms with Gasteiger partial charge >= 0.3 is 13.8 Å². The monoisotopic (exact) mass is 414 g/mol. The summed E-state index contributed by atoms with van der Waals surface area (Å²) in [6.45, 7) is 0. The van der Waals surface area contributed by atoms with Crippen LogP contribution >= 0.6 is 19.6 Å². The maximum atomic E-state index is 12.5. The Morgan fingerprint density at radius 3 is 2.50 bits per heavy atom. The number of carbonyl (C=O) groups is 1. The molecule has 3 aromatic rings. The van der Waals surface area contributed by atoms with Crippen LogP contribution in [-0.4, -0.2) is 38.4 Å². The topological polar surface area (TPSA) is 87.5 Å². The van der Waals surface area contributed by atoms with Crippen molar-refractivity contribution in [3.8, 4) is 0 Å². The maximum Gasteiger partial charge on any atom is 0.353 e. The first-order valence-electron chi connectivity index (χ1n) is 8.87. The molecule has 2 N–H and O–H groups in total. The molecule has 0 bridgehead atoms. The standard InChI is InChI=1S/C21H20NO4PS/c23-20(24)21(25,13-12-16-6-2-1-3-7-16)14-27(26)15-28-19-11-10-17-8-4-5-9-18(17)22-19/h1-11,25H,12-15H2/p+1. The molecule has 2 atom stereocenters. The van der Waals surface area contributed by atoms with Crippen LogP contribution in [0.15, 0.2) is 71.8 Å².